The monoisotopic (exact) mass is 399 g/mol. The first-order valence-corrected chi connectivity index (χ1v) is 9.18. The minimum atomic E-state index is -0.948. The molecular weight excluding hydrogens is 386 g/mol. The maximum atomic E-state index is 12.0. The Hall–Kier alpha value is -2.92. The lowest BCUT2D eigenvalue weighted by molar-refractivity contribution is -0.136. The van der Waals surface area contributed by atoms with Gasteiger partial charge in [0.1, 0.15) is 6.07 Å². The summed E-state index contributed by atoms with van der Waals surface area (Å²) >= 11 is 7.35. The molecule has 0 radical (unpaired) electrons. The van der Waals surface area contributed by atoms with Gasteiger partial charge in [-0.25, -0.2) is 0 Å². The number of rotatable bonds is 4. The highest BCUT2D eigenvalue weighted by Crippen LogP contribution is 2.29. The van der Waals surface area contributed by atoms with Gasteiger partial charge in [-0.2, -0.15) is 5.26 Å². The molecule has 1 aromatic heterocycles. The number of anilines is 1. The summed E-state index contributed by atoms with van der Waals surface area (Å²) in [6.07, 6.45) is -0.946. The SMILES string of the molecule is N#Cc1ccc(Cl)cc1NC(=O)C(=O)NC[C@@H](O)c1csc2ccccc12. The fourth-order valence-electron chi connectivity index (χ4n) is 2.53. The van der Waals surface area contributed by atoms with Crippen LogP contribution < -0.4 is 10.6 Å². The standard InChI is InChI=1S/C19H14ClN3O3S/c20-12-6-5-11(8-21)15(7-12)23-19(26)18(25)22-9-16(24)14-10-27-17-4-2-1-3-13(14)17/h1-7,10,16,24H,9H2,(H,22,25)(H,23,26)/t16-/m1/s1. The van der Waals surface area contributed by atoms with Gasteiger partial charge in [-0.05, 0) is 35.0 Å². The number of carbonyl (C=O) groups excluding carboxylic acids is 2. The number of thiophene rings is 1. The fourth-order valence-corrected chi connectivity index (χ4v) is 3.71. The van der Waals surface area contributed by atoms with Crippen LogP contribution in [0.1, 0.15) is 17.2 Å². The van der Waals surface area contributed by atoms with E-state index in [2.05, 4.69) is 10.6 Å². The van der Waals surface area contributed by atoms with Crippen LogP contribution in [0.15, 0.2) is 47.8 Å². The lowest BCUT2D eigenvalue weighted by atomic mass is 10.1. The van der Waals surface area contributed by atoms with Crippen molar-refractivity contribution in [1.82, 2.24) is 5.32 Å². The van der Waals surface area contributed by atoms with Crippen LogP contribution in [0.3, 0.4) is 0 Å². The number of nitrogens with one attached hydrogen (secondary N) is 2. The number of aliphatic hydroxyl groups excluding tert-OH is 1. The van der Waals surface area contributed by atoms with Crippen LogP contribution in [0.5, 0.6) is 0 Å². The number of hydrogen-bond acceptors (Lipinski definition) is 5. The number of amides is 2. The number of fused-ring (bicyclic) bond motifs is 1. The highest BCUT2D eigenvalue weighted by Gasteiger charge is 2.19. The molecule has 0 saturated carbocycles. The molecule has 0 unspecified atom stereocenters. The van der Waals surface area contributed by atoms with Crippen LogP contribution >= 0.6 is 22.9 Å². The molecule has 0 saturated heterocycles. The van der Waals surface area contributed by atoms with Crippen molar-refractivity contribution in [1.29, 1.82) is 5.26 Å². The molecule has 0 fully saturated rings. The van der Waals surface area contributed by atoms with E-state index in [0.717, 1.165) is 10.1 Å². The first-order valence-electron chi connectivity index (χ1n) is 7.92. The van der Waals surface area contributed by atoms with Gasteiger partial charge in [-0.3, -0.25) is 9.59 Å². The van der Waals surface area contributed by atoms with Crippen LogP contribution in [0, 0.1) is 11.3 Å². The van der Waals surface area contributed by atoms with Crippen LogP contribution in [0.2, 0.25) is 5.02 Å². The molecule has 1 atom stereocenters. The Morgan fingerprint density at radius 1 is 1.22 bits per heavy atom. The van der Waals surface area contributed by atoms with E-state index in [1.54, 1.807) is 0 Å². The molecular formula is C19H14ClN3O3S. The zero-order valence-corrected chi connectivity index (χ0v) is 15.5. The Kier molecular flexibility index (Phi) is 5.72. The average Bonchev–Trinajstić information content (AvgIpc) is 3.10. The molecule has 0 spiro atoms. The minimum absolute atomic E-state index is 0.117. The second-order valence-electron chi connectivity index (χ2n) is 5.67. The lowest BCUT2D eigenvalue weighted by Crippen LogP contribution is -2.37. The third-order valence-corrected chi connectivity index (χ3v) is 5.10. The molecule has 0 bridgehead atoms. The largest absolute Gasteiger partial charge is 0.387 e. The molecule has 8 heteroatoms. The molecule has 27 heavy (non-hydrogen) atoms. The number of aliphatic hydroxyl groups is 1. The first-order chi connectivity index (χ1) is 13.0. The predicted molar refractivity (Wildman–Crippen MR) is 105 cm³/mol. The van der Waals surface area contributed by atoms with Crippen molar-refractivity contribution in [3.8, 4) is 6.07 Å². The lowest BCUT2D eigenvalue weighted by Gasteiger charge is -2.12. The number of halogens is 1. The summed E-state index contributed by atoms with van der Waals surface area (Å²) in [5, 5.41) is 27.2. The Morgan fingerprint density at radius 3 is 2.78 bits per heavy atom. The molecule has 1 heterocycles. The van der Waals surface area contributed by atoms with Gasteiger partial charge in [-0.15, -0.1) is 11.3 Å². The maximum absolute atomic E-state index is 12.0. The Labute approximate surface area is 164 Å². The summed E-state index contributed by atoms with van der Waals surface area (Å²) in [5.41, 5.74) is 1.03. The van der Waals surface area contributed by atoms with Gasteiger partial charge in [0.25, 0.3) is 0 Å². The molecule has 3 aromatic rings. The molecule has 0 aliphatic carbocycles. The van der Waals surface area contributed by atoms with Crippen molar-refractivity contribution in [2.24, 2.45) is 0 Å². The van der Waals surface area contributed by atoms with Gasteiger partial charge >= 0.3 is 11.8 Å². The minimum Gasteiger partial charge on any atom is -0.387 e. The van der Waals surface area contributed by atoms with Crippen molar-refractivity contribution in [2.45, 2.75) is 6.10 Å². The third-order valence-electron chi connectivity index (χ3n) is 3.88. The molecule has 6 nitrogen and oxygen atoms in total. The molecule has 0 aliphatic heterocycles. The molecule has 2 aromatic carbocycles. The van der Waals surface area contributed by atoms with Crippen molar-refractivity contribution < 1.29 is 14.7 Å². The van der Waals surface area contributed by atoms with Crippen molar-refractivity contribution in [3.05, 3.63) is 64.0 Å². The topological polar surface area (TPSA) is 102 Å². The van der Waals surface area contributed by atoms with Crippen molar-refractivity contribution >= 4 is 50.5 Å². The molecule has 2 amide bonds. The summed E-state index contributed by atoms with van der Waals surface area (Å²) < 4.78 is 1.03. The summed E-state index contributed by atoms with van der Waals surface area (Å²) in [4.78, 5) is 24.1. The van der Waals surface area contributed by atoms with E-state index in [-0.39, 0.29) is 17.8 Å². The zero-order chi connectivity index (χ0) is 19.4. The van der Waals surface area contributed by atoms with Gasteiger partial charge in [0.2, 0.25) is 0 Å². The summed E-state index contributed by atoms with van der Waals surface area (Å²) in [5.74, 6) is -1.87. The average molecular weight is 400 g/mol. The molecule has 3 N–H and O–H groups in total. The summed E-state index contributed by atoms with van der Waals surface area (Å²) in [6, 6.07) is 13.9. The summed E-state index contributed by atoms with van der Waals surface area (Å²) in [6.45, 7) is -0.117. The van der Waals surface area contributed by atoms with E-state index in [9.17, 15) is 14.7 Å². The fraction of sp³-hybridized carbons (Fsp3) is 0.105. The zero-order valence-electron chi connectivity index (χ0n) is 13.9. The Balaban J connectivity index is 1.63. The van der Waals surface area contributed by atoms with Crippen LogP contribution in [0.25, 0.3) is 10.1 Å². The van der Waals surface area contributed by atoms with E-state index >= 15 is 0 Å². The first kappa shape index (κ1) is 18.9. The maximum Gasteiger partial charge on any atom is 0.313 e. The Morgan fingerprint density at radius 2 is 2.00 bits per heavy atom. The van der Waals surface area contributed by atoms with E-state index in [0.29, 0.717) is 10.6 Å². The van der Waals surface area contributed by atoms with Crippen molar-refractivity contribution in [3.63, 3.8) is 0 Å². The smallest absolute Gasteiger partial charge is 0.313 e. The quantitative estimate of drug-likeness (QED) is 0.586. The molecule has 0 aliphatic rings. The molecule has 136 valence electrons. The van der Waals surface area contributed by atoms with E-state index in [4.69, 9.17) is 16.9 Å². The highest BCUT2D eigenvalue weighted by atomic mass is 35.5. The van der Waals surface area contributed by atoms with Gasteiger partial charge in [0, 0.05) is 21.8 Å². The number of nitriles is 1. The van der Waals surface area contributed by atoms with E-state index < -0.39 is 17.9 Å². The van der Waals surface area contributed by atoms with Crippen LogP contribution in [-0.2, 0) is 9.59 Å². The van der Waals surface area contributed by atoms with Gasteiger partial charge < -0.3 is 15.7 Å². The highest BCUT2D eigenvalue weighted by molar-refractivity contribution is 7.17. The number of nitrogens with zero attached hydrogens (tertiary/aromatic N) is 1. The summed E-state index contributed by atoms with van der Waals surface area (Å²) in [7, 11) is 0. The van der Waals surface area contributed by atoms with Crippen LogP contribution in [-0.4, -0.2) is 23.5 Å². The van der Waals surface area contributed by atoms with E-state index in [1.807, 2.05) is 35.7 Å². The third kappa shape index (κ3) is 4.26. The van der Waals surface area contributed by atoms with Crippen molar-refractivity contribution in [2.75, 3.05) is 11.9 Å². The normalized spacial score (nSPS) is 11.6. The predicted octanol–water partition coefficient (Wildman–Crippen LogP) is 3.21. The second-order valence-corrected chi connectivity index (χ2v) is 7.02. The second kappa shape index (κ2) is 8.18. The number of hydrogen-bond donors (Lipinski definition) is 3. The number of benzene rings is 2. The van der Waals surface area contributed by atoms with Gasteiger partial charge in [0.05, 0.1) is 17.4 Å². The van der Waals surface area contributed by atoms with Gasteiger partial charge in [0.15, 0.2) is 0 Å². The molecule has 3 rings (SSSR count). The number of carbonyl (C=O) groups is 2. The van der Waals surface area contributed by atoms with Gasteiger partial charge in [-0.1, -0.05) is 29.8 Å². The van der Waals surface area contributed by atoms with E-state index in [1.165, 1.54) is 29.5 Å². The van der Waals surface area contributed by atoms with Crippen LogP contribution in [0.4, 0.5) is 5.69 Å². The Bertz CT molecular complexity index is 1060.